The van der Waals surface area contributed by atoms with Gasteiger partial charge in [0.15, 0.2) is 11.6 Å². The third kappa shape index (κ3) is 8.67. The number of carbonyl (C=O) groups excluding carboxylic acids is 3. The van der Waals surface area contributed by atoms with Crippen LogP contribution in [0.15, 0.2) is 89.4 Å². The number of alkyl halides is 3. The number of hydrogen-bond acceptors (Lipinski definition) is 10. The number of ether oxygens (including phenoxy) is 1. The number of nitrogens with zero attached hydrogens (tertiary/aromatic N) is 4. The molecule has 0 bridgehead atoms. The van der Waals surface area contributed by atoms with Gasteiger partial charge in [0, 0.05) is 29.7 Å². The summed E-state index contributed by atoms with van der Waals surface area (Å²) in [5, 5.41) is 9.36. The van der Waals surface area contributed by atoms with E-state index in [1.807, 2.05) is 24.3 Å². The van der Waals surface area contributed by atoms with Gasteiger partial charge in [-0.25, -0.2) is 13.4 Å². The highest BCUT2D eigenvalue weighted by Crippen LogP contribution is 2.57. The molecular weight excluding hydrogens is 836 g/mol. The lowest BCUT2D eigenvalue weighted by Crippen LogP contribution is -2.46. The van der Waals surface area contributed by atoms with Gasteiger partial charge in [0.1, 0.15) is 17.2 Å². The van der Waals surface area contributed by atoms with Gasteiger partial charge in [-0.1, -0.05) is 61.4 Å². The number of halogens is 3. The first-order valence-electron chi connectivity index (χ1n) is 21.3. The summed E-state index contributed by atoms with van der Waals surface area (Å²) >= 11 is 0. The topological polar surface area (TPSA) is 173 Å². The van der Waals surface area contributed by atoms with Crippen LogP contribution in [0.1, 0.15) is 80.9 Å². The maximum Gasteiger partial charge on any atom is 0.416 e. The second kappa shape index (κ2) is 16.6. The number of sulfonamides is 1. The molecule has 0 spiro atoms. The number of furan rings is 1. The van der Waals surface area contributed by atoms with Crippen molar-refractivity contribution in [3.63, 3.8) is 0 Å². The van der Waals surface area contributed by atoms with Crippen LogP contribution in [-0.2, 0) is 37.0 Å². The van der Waals surface area contributed by atoms with E-state index in [2.05, 4.69) is 15.8 Å². The third-order valence-corrected chi connectivity index (χ3v) is 14.7. The van der Waals surface area contributed by atoms with Gasteiger partial charge >= 0.3 is 6.18 Å². The number of benzene rings is 3. The van der Waals surface area contributed by atoms with Crippen molar-refractivity contribution in [2.75, 3.05) is 6.54 Å². The highest BCUT2D eigenvalue weighted by atomic mass is 32.2. The maximum atomic E-state index is 14.9. The first-order valence-corrected chi connectivity index (χ1v) is 22.9. The van der Waals surface area contributed by atoms with Gasteiger partial charge in [0.2, 0.25) is 27.4 Å². The number of nitriles is 1. The Kier molecular flexibility index (Phi) is 11.1. The fraction of sp³-hybridized carbons (Fsp3) is 0.404. The number of para-hydroxylation sites is 1. The van der Waals surface area contributed by atoms with E-state index in [4.69, 9.17) is 14.1 Å². The standard InChI is InChI=1S/C47H44F3N5O7S/c48-47(49,50)32-18-16-30(17-19-32)42-52-40-36-10-6-7-11-39(36)62-41(40)43(53-42)61-34-23-37-38(56)25-46(45(58)54-63(59,60)35-20-21-35)24-33(46)9-5-3-1-2-4-8-31(44(57)55(37)27-34)22-28-12-14-29(26-51)15-13-28/h5-7,9-19,31,33-35,37H,1-4,8,20-25,27H2,(H,54,58)/b9-5-/t31-,33-,34-,37+,46-/m1/s1. The summed E-state index contributed by atoms with van der Waals surface area (Å²) in [5.74, 6) is -2.26. The number of hydrogen-bond donors (Lipinski definition) is 1. The van der Waals surface area contributed by atoms with Gasteiger partial charge in [-0.2, -0.15) is 23.4 Å². The van der Waals surface area contributed by atoms with Crippen LogP contribution in [0.25, 0.3) is 33.5 Å². The van der Waals surface area contributed by atoms with E-state index in [1.165, 1.54) is 17.0 Å². The fourth-order valence-electron chi connectivity index (χ4n) is 9.06. The molecule has 4 aliphatic rings. The average molecular weight is 880 g/mol. The van der Waals surface area contributed by atoms with Crippen LogP contribution in [0.5, 0.6) is 5.88 Å². The summed E-state index contributed by atoms with van der Waals surface area (Å²) in [7, 11) is -3.91. The van der Waals surface area contributed by atoms with Crippen molar-refractivity contribution in [2.24, 2.45) is 17.3 Å². The molecule has 3 fully saturated rings. The summed E-state index contributed by atoms with van der Waals surface area (Å²) in [5.41, 5.74) is 0.465. The Balaban J connectivity index is 1.07. The number of carbonyl (C=O) groups is 3. The molecule has 5 aromatic rings. The predicted octanol–water partition coefficient (Wildman–Crippen LogP) is 8.23. The smallest absolute Gasteiger partial charge is 0.416 e. The number of fused-ring (bicyclic) bond motifs is 5. The summed E-state index contributed by atoms with van der Waals surface area (Å²) in [6.07, 6.45) is 3.43. The second-order valence-corrected chi connectivity index (χ2v) is 19.2. The number of rotatable bonds is 8. The molecule has 9 rings (SSSR count). The van der Waals surface area contributed by atoms with Crippen molar-refractivity contribution in [1.29, 1.82) is 5.26 Å². The molecule has 16 heteroatoms. The molecule has 2 aliphatic carbocycles. The monoisotopic (exact) mass is 879 g/mol. The lowest BCUT2D eigenvalue weighted by molar-refractivity contribution is -0.142. The number of amides is 2. The molecule has 2 saturated carbocycles. The molecule has 63 heavy (non-hydrogen) atoms. The van der Waals surface area contributed by atoms with Crippen molar-refractivity contribution < 1.29 is 45.1 Å². The van der Waals surface area contributed by atoms with Gasteiger partial charge in [-0.3, -0.25) is 19.1 Å². The molecule has 3 aromatic carbocycles. The Bertz CT molecular complexity index is 2780. The predicted molar refractivity (Wildman–Crippen MR) is 225 cm³/mol. The number of allylic oxidation sites excluding steroid dienone is 2. The van der Waals surface area contributed by atoms with Crippen LogP contribution < -0.4 is 9.46 Å². The Morgan fingerprint density at radius 2 is 1.75 bits per heavy atom. The number of nitrogens with one attached hydrogen (secondary N) is 1. The lowest BCUT2D eigenvalue weighted by Gasteiger charge is -2.29. The molecule has 4 heterocycles. The molecule has 2 amide bonds. The minimum absolute atomic E-state index is 0.00801. The van der Waals surface area contributed by atoms with Crippen molar-refractivity contribution >= 4 is 49.7 Å². The Labute approximate surface area is 361 Å². The van der Waals surface area contributed by atoms with E-state index < -0.39 is 62.2 Å². The molecule has 2 aliphatic heterocycles. The zero-order chi connectivity index (χ0) is 44.1. The van der Waals surface area contributed by atoms with Crippen molar-refractivity contribution in [3.8, 4) is 23.3 Å². The van der Waals surface area contributed by atoms with Crippen LogP contribution in [0.3, 0.4) is 0 Å². The first kappa shape index (κ1) is 42.2. The molecule has 12 nitrogen and oxygen atoms in total. The lowest BCUT2D eigenvalue weighted by atomic mass is 9.90. The van der Waals surface area contributed by atoms with Gasteiger partial charge in [0.05, 0.1) is 40.4 Å². The minimum atomic E-state index is -4.55. The highest BCUT2D eigenvalue weighted by Gasteiger charge is 2.61. The minimum Gasteiger partial charge on any atom is -0.470 e. The van der Waals surface area contributed by atoms with E-state index in [0.717, 1.165) is 43.4 Å². The fourth-order valence-corrected chi connectivity index (χ4v) is 10.4. The molecule has 326 valence electrons. The zero-order valence-electron chi connectivity index (χ0n) is 34.1. The van der Waals surface area contributed by atoms with Crippen LogP contribution in [0.4, 0.5) is 13.2 Å². The van der Waals surface area contributed by atoms with E-state index in [1.54, 1.807) is 36.4 Å². The van der Waals surface area contributed by atoms with Gasteiger partial charge in [-0.05, 0) is 92.8 Å². The van der Waals surface area contributed by atoms with Crippen molar-refractivity contribution in [2.45, 2.75) is 94.2 Å². The third-order valence-electron chi connectivity index (χ3n) is 12.8. The van der Waals surface area contributed by atoms with Crippen LogP contribution in [-0.4, -0.2) is 64.8 Å². The quantitative estimate of drug-likeness (QED) is 0.150. The van der Waals surface area contributed by atoms with Crippen LogP contribution in [0, 0.1) is 28.6 Å². The Morgan fingerprint density at radius 3 is 2.48 bits per heavy atom. The average Bonchev–Trinajstić information content (AvgIpc) is 4.17. The molecule has 1 saturated heterocycles. The molecular formula is C47H44F3N5O7S. The van der Waals surface area contributed by atoms with Gasteiger partial charge < -0.3 is 14.1 Å². The number of Topliss-reactive ketones (excluding diaryl/α,β-unsaturated/α-hetero) is 1. The molecule has 0 radical (unpaired) electrons. The molecule has 5 atom stereocenters. The SMILES string of the molecule is N#Cc1ccc(C[C@H]2CCCCC/C=C\[C@@H]3C[C@@]3(C(=O)NS(=O)(=O)C3CC3)CC(=O)[C@@H]3C[C@@H](Oc4nc(-c5ccc(C(F)(F)F)cc5)nc5c4oc4ccccc45)CN3C2=O)cc1. The first-order chi connectivity index (χ1) is 30.2. The van der Waals surface area contributed by atoms with Crippen LogP contribution >= 0.6 is 0 Å². The molecule has 0 unspecified atom stereocenters. The number of aromatic nitrogens is 2. The van der Waals surface area contributed by atoms with Crippen LogP contribution in [0.2, 0.25) is 0 Å². The van der Waals surface area contributed by atoms with Crippen molar-refractivity contribution in [3.05, 3.63) is 102 Å². The highest BCUT2D eigenvalue weighted by molar-refractivity contribution is 7.90. The summed E-state index contributed by atoms with van der Waals surface area (Å²) in [6.45, 7) is -0.0426. The zero-order valence-corrected chi connectivity index (χ0v) is 35.0. The summed E-state index contributed by atoms with van der Waals surface area (Å²) < 4.78 is 81.6. The Morgan fingerprint density at radius 1 is 0.984 bits per heavy atom. The summed E-state index contributed by atoms with van der Waals surface area (Å²) in [4.78, 5) is 54.5. The van der Waals surface area contributed by atoms with Crippen molar-refractivity contribution in [1.82, 2.24) is 19.6 Å². The maximum absolute atomic E-state index is 14.9. The van der Waals surface area contributed by atoms with E-state index in [9.17, 15) is 41.2 Å². The van der Waals surface area contributed by atoms with E-state index in [-0.39, 0.29) is 60.5 Å². The summed E-state index contributed by atoms with van der Waals surface area (Å²) in [6, 6.07) is 19.6. The number of ketones is 1. The Hall–Kier alpha value is -6.08. The normalized spacial score (nSPS) is 25.1. The van der Waals surface area contributed by atoms with Gasteiger partial charge in [-0.15, -0.1) is 0 Å². The molecule has 2 aromatic heterocycles. The van der Waals surface area contributed by atoms with Gasteiger partial charge in [0.25, 0.3) is 5.88 Å². The largest absolute Gasteiger partial charge is 0.470 e. The molecule has 1 N–H and O–H groups in total. The van der Waals surface area contributed by atoms with E-state index >= 15 is 0 Å². The second-order valence-electron chi connectivity index (χ2n) is 17.2. The van der Waals surface area contributed by atoms with E-state index in [0.29, 0.717) is 47.7 Å².